The number of halogens is 1. The van der Waals surface area contributed by atoms with E-state index in [0.29, 0.717) is 0 Å². The monoisotopic (exact) mass is 389 g/mol. The molecule has 0 heterocycles. The molecule has 0 aliphatic heterocycles. The molecular formula is C15H20FN3O6S. The van der Waals surface area contributed by atoms with Crippen LogP contribution in [-0.2, 0) is 24.3 Å². The second-order valence-electron chi connectivity index (χ2n) is 5.75. The van der Waals surface area contributed by atoms with Crippen LogP contribution >= 0.6 is 0 Å². The number of carbonyl (C=O) groups excluding carboxylic acids is 3. The van der Waals surface area contributed by atoms with Gasteiger partial charge in [0.05, 0.1) is 4.90 Å². The summed E-state index contributed by atoms with van der Waals surface area (Å²) < 4.78 is 44.3. The number of hydrogen-bond acceptors (Lipinski definition) is 6. The summed E-state index contributed by atoms with van der Waals surface area (Å²) in [5.41, 5.74) is 4.85. The first kappa shape index (κ1) is 21.5. The number of ether oxygens (including phenoxy) is 1. The van der Waals surface area contributed by atoms with Crippen molar-refractivity contribution in [2.75, 3.05) is 0 Å². The van der Waals surface area contributed by atoms with E-state index in [1.807, 2.05) is 0 Å². The fourth-order valence-electron chi connectivity index (χ4n) is 1.87. The van der Waals surface area contributed by atoms with E-state index in [1.54, 1.807) is 19.2 Å². The molecule has 0 fully saturated rings. The van der Waals surface area contributed by atoms with Crippen molar-refractivity contribution in [2.45, 2.75) is 37.8 Å². The zero-order valence-electron chi connectivity index (χ0n) is 14.4. The summed E-state index contributed by atoms with van der Waals surface area (Å²) in [4.78, 5) is 34.4. The van der Waals surface area contributed by atoms with Gasteiger partial charge in [0.2, 0.25) is 10.0 Å². The maximum atomic E-state index is 12.9. The Bertz CT molecular complexity index is 779. The molecule has 0 unspecified atom stereocenters. The van der Waals surface area contributed by atoms with E-state index in [9.17, 15) is 27.2 Å². The number of primary amides is 1. The highest BCUT2D eigenvalue weighted by Crippen LogP contribution is 2.12. The van der Waals surface area contributed by atoms with E-state index >= 15 is 0 Å². The van der Waals surface area contributed by atoms with Gasteiger partial charge in [-0.1, -0.05) is 13.8 Å². The molecule has 0 aliphatic rings. The Morgan fingerprint density at radius 1 is 1.12 bits per heavy atom. The molecule has 0 spiro atoms. The molecule has 144 valence electrons. The first-order valence-corrected chi connectivity index (χ1v) is 9.01. The Labute approximate surface area is 150 Å². The van der Waals surface area contributed by atoms with Gasteiger partial charge in [0.1, 0.15) is 11.9 Å². The van der Waals surface area contributed by atoms with E-state index in [2.05, 4.69) is 4.72 Å². The lowest BCUT2D eigenvalue weighted by atomic mass is 10.1. The van der Waals surface area contributed by atoms with E-state index in [1.165, 1.54) is 6.92 Å². The van der Waals surface area contributed by atoms with Gasteiger partial charge in [-0.15, -0.1) is 0 Å². The molecule has 0 saturated carbocycles. The molecule has 2 atom stereocenters. The molecule has 0 aliphatic carbocycles. The lowest BCUT2D eigenvalue weighted by Crippen LogP contribution is -2.48. The van der Waals surface area contributed by atoms with E-state index in [-0.39, 0.29) is 4.90 Å². The third kappa shape index (κ3) is 6.08. The van der Waals surface area contributed by atoms with Crippen molar-refractivity contribution in [1.82, 2.24) is 10.0 Å². The second-order valence-corrected chi connectivity index (χ2v) is 7.47. The lowest BCUT2D eigenvalue weighted by molar-refractivity contribution is -0.159. The minimum Gasteiger partial charge on any atom is -0.451 e. The normalized spacial score (nSPS) is 13.7. The number of nitrogens with one attached hydrogen (secondary N) is 2. The minimum absolute atomic E-state index is 0.245. The number of nitrogens with two attached hydrogens (primary N) is 1. The van der Waals surface area contributed by atoms with Crippen LogP contribution in [-0.4, -0.2) is 38.5 Å². The molecule has 3 amide bonds. The molecule has 4 N–H and O–H groups in total. The molecule has 1 aromatic rings. The van der Waals surface area contributed by atoms with E-state index in [4.69, 9.17) is 10.5 Å². The van der Waals surface area contributed by atoms with Gasteiger partial charge in [-0.05, 0) is 37.1 Å². The van der Waals surface area contributed by atoms with Crippen LogP contribution < -0.4 is 15.8 Å². The average Bonchev–Trinajstić information content (AvgIpc) is 2.51. The van der Waals surface area contributed by atoms with Crippen LogP contribution in [0.5, 0.6) is 0 Å². The smallest absolute Gasteiger partial charge is 0.324 e. The summed E-state index contributed by atoms with van der Waals surface area (Å²) in [5, 5.41) is 1.80. The van der Waals surface area contributed by atoms with Crippen molar-refractivity contribution < 1.29 is 31.9 Å². The summed E-state index contributed by atoms with van der Waals surface area (Å²) in [6, 6.07) is 1.54. The summed E-state index contributed by atoms with van der Waals surface area (Å²) in [6.45, 7) is 4.34. The summed E-state index contributed by atoms with van der Waals surface area (Å²) >= 11 is 0. The molecule has 0 aromatic heterocycles. The van der Waals surface area contributed by atoms with Crippen LogP contribution in [0.4, 0.5) is 9.18 Å². The molecular weight excluding hydrogens is 369 g/mol. The maximum Gasteiger partial charge on any atom is 0.324 e. The highest BCUT2D eigenvalue weighted by molar-refractivity contribution is 7.89. The molecule has 0 saturated heterocycles. The number of imide groups is 1. The van der Waals surface area contributed by atoms with Crippen LogP contribution in [0.15, 0.2) is 29.2 Å². The molecule has 11 heteroatoms. The maximum absolute atomic E-state index is 12.9. The largest absolute Gasteiger partial charge is 0.451 e. The number of amides is 3. The Morgan fingerprint density at radius 3 is 2.12 bits per heavy atom. The van der Waals surface area contributed by atoms with Gasteiger partial charge in [0.25, 0.3) is 5.91 Å². The van der Waals surface area contributed by atoms with Crippen LogP contribution in [0.1, 0.15) is 20.8 Å². The van der Waals surface area contributed by atoms with Gasteiger partial charge in [-0.25, -0.2) is 17.6 Å². The number of esters is 1. The highest BCUT2D eigenvalue weighted by Gasteiger charge is 2.31. The van der Waals surface area contributed by atoms with Crippen LogP contribution in [0.3, 0.4) is 0 Å². The van der Waals surface area contributed by atoms with Crippen molar-refractivity contribution in [3.8, 4) is 0 Å². The number of sulfonamides is 1. The predicted molar refractivity (Wildman–Crippen MR) is 88.6 cm³/mol. The van der Waals surface area contributed by atoms with Gasteiger partial charge in [0, 0.05) is 0 Å². The first-order chi connectivity index (χ1) is 11.9. The van der Waals surface area contributed by atoms with Gasteiger partial charge in [0.15, 0.2) is 6.10 Å². The predicted octanol–water partition coefficient (Wildman–Crippen LogP) is 0.255. The molecule has 1 aromatic carbocycles. The number of carbonyl (C=O) groups is 3. The number of rotatable bonds is 7. The summed E-state index contributed by atoms with van der Waals surface area (Å²) in [5.74, 6) is -3.07. The molecule has 0 radical (unpaired) electrons. The van der Waals surface area contributed by atoms with Crippen molar-refractivity contribution >= 4 is 27.9 Å². The Morgan fingerprint density at radius 2 is 1.65 bits per heavy atom. The summed E-state index contributed by atoms with van der Waals surface area (Å²) in [6.07, 6.45) is -1.34. The minimum atomic E-state index is -4.11. The SMILES string of the molecule is CC(C)[C@@H](OC(=O)[C@H](C)NS(=O)(=O)c1ccc(F)cc1)C(=O)NC(N)=O. The lowest BCUT2D eigenvalue weighted by Gasteiger charge is -2.22. The summed E-state index contributed by atoms with van der Waals surface area (Å²) in [7, 11) is -4.11. The zero-order valence-corrected chi connectivity index (χ0v) is 15.2. The van der Waals surface area contributed by atoms with Gasteiger partial charge < -0.3 is 10.5 Å². The number of hydrogen-bond donors (Lipinski definition) is 3. The van der Waals surface area contributed by atoms with E-state index < -0.39 is 51.8 Å². The first-order valence-electron chi connectivity index (χ1n) is 7.52. The highest BCUT2D eigenvalue weighted by atomic mass is 32.2. The van der Waals surface area contributed by atoms with Gasteiger partial charge in [-0.3, -0.25) is 14.9 Å². The molecule has 1 rings (SSSR count). The Balaban J connectivity index is 2.83. The van der Waals surface area contributed by atoms with Crippen molar-refractivity contribution in [3.05, 3.63) is 30.1 Å². The van der Waals surface area contributed by atoms with Crippen molar-refractivity contribution in [3.63, 3.8) is 0 Å². The number of benzene rings is 1. The van der Waals surface area contributed by atoms with E-state index in [0.717, 1.165) is 24.3 Å². The molecule has 9 nitrogen and oxygen atoms in total. The third-order valence-electron chi connectivity index (χ3n) is 3.16. The fourth-order valence-corrected chi connectivity index (χ4v) is 3.07. The average molecular weight is 389 g/mol. The fraction of sp³-hybridized carbons (Fsp3) is 0.400. The van der Waals surface area contributed by atoms with Crippen molar-refractivity contribution in [1.29, 1.82) is 0 Å². The zero-order chi connectivity index (χ0) is 20.1. The second kappa shape index (κ2) is 8.72. The Kier molecular flexibility index (Phi) is 7.21. The quantitative estimate of drug-likeness (QED) is 0.570. The van der Waals surface area contributed by atoms with Crippen LogP contribution in [0.25, 0.3) is 0 Å². The van der Waals surface area contributed by atoms with Gasteiger partial charge in [-0.2, -0.15) is 4.72 Å². The van der Waals surface area contributed by atoms with Crippen molar-refractivity contribution in [2.24, 2.45) is 11.7 Å². The van der Waals surface area contributed by atoms with Crippen LogP contribution in [0.2, 0.25) is 0 Å². The third-order valence-corrected chi connectivity index (χ3v) is 4.72. The number of urea groups is 1. The van der Waals surface area contributed by atoms with Gasteiger partial charge >= 0.3 is 12.0 Å². The standard InChI is InChI=1S/C15H20FN3O6S/c1-8(2)12(13(20)18-15(17)22)25-14(21)9(3)19-26(23,24)11-6-4-10(16)5-7-11/h4-9,12,19H,1-3H3,(H3,17,18,20,22)/t9-,12+/m0/s1. The molecule has 0 bridgehead atoms. The topological polar surface area (TPSA) is 145 Å². The molecule has 26 heavy (non-hydrogen) atoms. The van der Waals surface area contributed by atoms with Crippen LogP contribution in [0, 0.1) is 11.7 Å². The Hall–Kier alpha value is -2.53.